The fourth-order valence-electron chi connectivity index (χ4n) is 2.04. The summed E-state index contributed by atoms with van der Waals surface area (Å²) in [6, 6.07) is 15.2. The van der Waals surface area contributed by atoms with Crippen LogP contribution in [0.2, 0.25) is 5.02 Å². The van der Waals surface area contributed by atoms with Crippen molar-refractivity contribution in [3.63, 3.8) is 0 Å². The molecule has 0 atom stereocenters. The highest BCUT2D eigenvalue weighted by Gasteiger charge is 2.09. The van der Waals surface area contributed by atoms with Crippen LogP contribution in [-0.4, -0.2) is 10.1 Å². The Morgan fingerprint density at radius 3 is 2.62 bits per heavy atom. The summed E-state index contributed by atoms with van der Waals surface area (Å²) in [5.74, 6) is 1.17. The van der Waals surface area contributed by atoms with Crippen molar-refractivity contribution in [1.29, 1.82) is 0 Å². The van der Waals surface area contributed by atoms with E-state index in [0.717, 1.165) is 17.7 Å². The molecule has 2 N–H and O–H groups in total. The lowest BCUT2D eigenvalue weighted by atomic mass is 10.1. The van der Waals surface area contributed by atoms with Crippen LogP contribution >= 0.6 is 11.6 Å². The molecule has 0 aliphatic heterocycles. The van der Waals surface area contributed by atoms with Gasteiger partial charge in [-0.15, -0.1) is 0 Å². The molecular weight excluding hydrogens is 286 g/mol. The van der Waals surface area contributed by atoms with E-state index in [4.69, 9.17) is 21.9 Å². The fourth-order valence-corrected chi connectivity index (χ4v) is 2.23. The van der Waals surface area contributed by atoms with Crippen LogP contribution in [0.25, 0.3) is 11.4 Å². The number of aromatic nitrogens is 2. The Balaban J connectivity index is 1.69. The van der Waals surface area contributed by atoms with Gasteiger partial charge in [0.15, 0.2) is 0 Å². The lowest BCUT2D eigenvalue weighted by Crippen LogP contribution is -1.92. The molecule has 0 saturated carbocycles. The van der Waals surface area contributed by atoms with Crippen LogP contribution in [0.5, 0.6) is 0 Å². The van der Waals surface area contributed by atoms with Gasteiger partial charge in [0, 0.05) is 22.7 Å². The van der Waals surface area contributed by atoms with E-state index in [1.807, 2.05) is 48.5 Å². The van der Waals surface area contributed by atoms with E-state index < -0.39 is 0 Å². The quantitative estimate of drug-likeness (QED) is 0.745. The van der Waals surface area contributed by atoms with E-state index in [1.54, 1.807) is 0 Å². The summed E-state index contributed by atoms with van der Waals surface area (Å²) in [6.07, 6.45) is 1.52. The van der Waals surface area contributed by atoms with Gasteiger partial charge >= 0.3 is 0 Å². The third-order valence-corrected chi connectivity index (χ3v) is 3.39. The zero-order valence-electron chi connectivity index (χ0n) is 11.3. The number of benzene rings is 2. The zero-order chi connectivity index (χ0) is 14.7. The first-order valence-corrected chi connectivity index (χ1v) is 7.01. The van der Waals surface area contributed by atoms with Gasteiger partial charge in [0.1, 0.15) is 0 Å². The van der Waals surface area contributed by atoms with Crippen molar-refractivity contribution >= 4 is 17.3 Å². The van der Waals surface area contributed by atoms with Gasteiger partial charge in [-0.3, -0.25) is 0 Å². The normalized spacial score (nSPS) is 10.7. The summed E-state index contributed by atoms with van der Waals surface area (Å²) >= 11 is 5.96. The SMILES string of the molecule is Nc1ccc(CCc2nc(-c3cccc(Cl)c3)no2)cc1. The second-order valence-electron chi connectivity index (χ2n) is 4.76. The second-order valence-corrected chi connectivity index (χ2v) is 5.20. The Kier molecular flexibility index (Phi) is 3.88. The van der Waals surface area contributed by atoms with Crippen molar-refractivity contribution in [2.24, 2.45) is 0 Å². The molecule has 106 valence electrons. The molecule has 0 bridgehead atoms. The van der Waals surface area contributed by atoms with Gasteiger partial charge in [0.05, 0.1) is 0 Å². The first-order valence-electron chi connectivity index (χ1n) is 6.64. The second kappa shape index (κ2) is 5.97. The summed E-state index contributed by atoms with van der Waals surface area (Å²) in [5, 5.41) is 4.64. The minimum absolute atomic E-state index is 0.560. The molecule has 0 aliphatic carbocycles. The van der Waals surface area contributed by atoms with Gasteiger partial charge in [-0.05, 0) is 36.2 Å². The number of halogens is 1. The van der Waals surface area contributed by atoms with Crippen LogP contribution in [0.15, 0.2) is 53.1 Å². The summed E-state index contributed by atoms with van der Waals surface area (Å²) in [4.78, 5) is 4.39. The Morgan fingerprint density at radius 2 is 1.86 bits per heavy atom. The Bertz CT molecular complexity index is 737. The van der Waals surface area contributed by atoms with Gasteiger partial charge in [-0.2, -0.15) is 4.98 Å². The van der Waals surface area contributed by atoms with Crippen LogP contribution in [0, 0.1) is 0 Å². The molecule has 0 unspecified atom stereocenters. The Hall–Kier alpha value is -2.33. The van der Waals surface area contributed by atoms with Crippen LogP contribution < -0.4 is 5.73 Å². The summed E-state index contributed by atoms with van der Waals surface area (Å²) in [7, 11) is 0. The molecule has 2 aromatic carbocycles. The molecule has 3 rings (SSSR count). The smallest absolute Gasteiger partial charge is 0.227 e. The minimum atomic E-state index is 0.560. The van der Waals surface area contributed by atoms with Crippen LogP contribution in [0.4, 0.5) is 5.69 Å². The maximum Gasteiger partial charge on any atom is 0.227 e. The van der Waals surface area contributed by atoms with Crippen molar-refractivity contribution in [3.05, 3.63) is 65.0 Å². The number of rotatable bonds is 4. The molecule has 1 heterocycles. The summed E-state index contributed by atoms with van der Waals surface area (Å²) in [6.45, 7) is 0. The van der Waals surface area contributed by atoms with Crippen LogP contribution in [0.3, 0.4) is 0 Å². The largest absolute Gasteiger partial charge is 0.399 e. The van der Waals surface area contributed by atoms with Crippen molar-refractivity contribution in [2.75, 3.05) is 5.73 Å². The number of aryl methyl sites for hydroxylation is 2. The van der Waals surface area contributed by atoms with E-state index in [1.165, 1.54) is 5.56 Å². The molecule has 0 amide bonds. The van der Waals surface area contributed by atoms with Crippen LogP contribution in [-0.2, 0) is 12.8 Å². The van der Waals surface area contributed by atoms with Crippen LogP contribution in [0.1, 0.15) is 11.5 Å². The highest BCUT2D eigenvalue weighted by molar-refractivity contribution is 6.30. The van der Waals surface area contributed by atoms with Gasteiger partial charge in [0.2, 0.25) is 11.7 Å². The molecule has 0 fully saturated rings. The number of anilines is 1. The average Bonchev–Trinajstić information content (AvgIpc) is 2.96. The molecule has 5 heteroatoms. The molecular formula is C16H14ClN3O. The maximum absolute atomic E-state index is 5.96. The monoisotopic (exact) mass is 299 g/mol. The number of nitrogens with zero attached hydrogens (tertiary/aromatic N) is 2. The van der Waals surface area contributed by atoms with Gasteiger partial charge in [-0.25, -0.2) is 0 Å². The third-order valence-electron chi connectivity index (χ3n) is 3.16. The molecule has 0 radical (unpaired) electrons. The molecule has 3 aromatic rings. The van der Waals surface area contributed by atoms with E-state index in [0.29, 0.717) is 23.2 Å². The first kappa shape index (κ1) is 13.6. The van der Waals surface area contributed by atoms with E-state index in [2.05, 4.69) is 10.1 Å². The zero-order valence-corrected chi connectivity index (χ0v) is 12.0. The first-order chi connectivity index (χ1) is 10.2. The number of nitrogens with two attached hydrogens (primary N) is 1. The van der Waals surface area contributed by atoms with Gasteiger partial charge in [0.25, 0.3) is 0 Å². The lowest BCUT2D eigenvalue weighted by molar-refractivity contribution is 0.379. The van der Waals surface area contributed by atoms with Crippen molar-refractivity contribution in [1.82, 2.24) is 10.1 Å². The standard InChI is InChI=1S/C16H14ClN3O/c17-13-3-1-2-12(10-13)16-19-15(21-20-16)9-6-11-4-7-14(18)8-5-11/h1-5,7-8,10H,6,9,18H2. The van der Waals surface area contributed by atoms with E-state index in [-0.39, 0.29) is 0 Å². The number of nitrogen functional groups attached to an aromatic ring is 1. The number of hydrogen-bond donors (Lipinski definition) is 1. The third kappa shape index (κ3) is 3.41. The highest BCUT2D eigenvalue weighted by Crippen LogP contribution is 2.20. The van der Waals surface area contributed by atoms with E-state index in [9.17, 15) is 0 Å². The van der Waals surface area contributed by atoms with E-state index >= 15 is 0 Å². The number of hydrogen-bond acceptors (Lipinski definition) is 4. The van der Waals surface area contributed by atoms with Crippen molar-refractivity contribution < 1.29 is 4.52 Å². The molecule has 1 aromatic heterocycles. The molecule has 0 saturated heterocycles. The van der Waals surface area contributed by atoms with Crippen molar-refractivity contribution in [2.45, 2.75) is 12.8 Å². The Labute approximate surface area is 127 Å². The maximum atomic E-state index is 5.96. The Morgan fingerprint density at radius 1 is 1.05 bits per heavy atom. The topological polar surface area (TPSA) is 64.9 Å². The summed E-state index contributed by atoms with van der Waals surface area (Å²) in [5.41, 5.74) is 8.46. The van der Waals surface area contributed by atoms with Crippen molar-refractivity contribution in [3.8, 4) is 11.4 Å². The fraction of sp³-hybridized carbons (Fsp3) is 0.125. The molecule has 0 spiro atoms. The minimum Gasteiger partial charge on any atom is -0.399 e. The summed E-state index contributed by atoms with van der Waals surface area (Å²) < 4.78 is 5.28. The molecule has 21 heavy (non-hydrogen) atoms. The molecule has 0 aliphatic rings. The molecule has 4 nitrogen and oxygen atoms in total. The highest BCUT2D eigenvalue weighted by atomic mass is 35.5. The lowest BCUT2D eigenvalue weighted by Gasteiger charge is -1.98. The van der Waals surface area contributed by atoms with Gasteiger partial charge in [-0.1, -0.05) is 41.0 Å². The van der Waals surface area contributed by atoms with Gasteiger partial charge < -0.3 is 10.3 Å². The average molecular weight is 300 g/mol. The predicted molar refractivity (Wildman–Crippen MR) is 83.0 cm³/mol. The predicted octanol–water partition coefficient (Wildman–Crippen LogP) is 3.76.